The summed E-state index contributed by atoms with van der Waals surface area (Å²) in [6, 6.07) is 31.4. The number of phenols is 1. The summed E-state index contributed by atoms with van der Waals surface area (Å²) in [5.41, 5.74) is 3.86. The Morgan fingerprint density at radius 2 is 1.09 bits per heavy atom. The fourth-order valence-electron chi connectivity index (χ4n) is 3.45. The largest absolute Gasteiger partial charge is 0.507 e. The summed E-state index contributed by atoms with van der Waals surface area (Å²) >= 11 is 3.28. The summed E-state index contributed by atoms with van der Waals surface area (Å²) in [7, 11) is 1.69. The van der Waals surface area contributed by atoms with Gasteiger partial charge in [0.25, 0.3) is 0 Å². The summed E-state index contributed by atoms with van der Waals surface area (Å²) in [6.07, 6.45) is 0. The van der Waals surface area contributed by atoms with Crippen molar-refractivity contribution in [2.45, 2.75) is 0 Å². The first-order valence-corrected chi connectivity index (χ1v) is 12.0. The fourth-order valence-corrected chi connectivity index (χ4v) is 5.45. The summed E-state index contributed by atoms with van der Waals surface area (Å²) in [5.74, 6) is 1.15. The first-order valence-electron chi connectivity index (χ1n) is 10.4. The number of para-hydroxylation sites is 4. The molecule has 0 atom stereocenters. The third kappa shape index (κ3) is 5.02. The molecular formula is C27H20N2O2S2Zn. The average molecular weight is 534 g/mol. The minimum absolute atomic E-state index is 0. The zero-order chi connectivity index (χ0) is 22.6. The van der Waals surface area contributed by atoms with E-state index in [1.807, 2.05) is 84.9 Å². The molecule has 0 bridgehead atoms. The van der Waals surface area contributed by atoms with Crippen molar-refractivity contribution in [3.63, 3.8) is 0 Å². The monoisotopic (exact) mass is 532 g/mol. The maximum absolute atomic E-state index is 9.76. The van der Waals surface area contributed by atoms with Crippen LogP contribution in [-0.4, -0.2) is 22.2 Å². The number of thiazole rings is 2. The number of hydrogen-bond donors (Lipinski definition) is 1. The van der Waals surface area contributed by atoms with Crippen molar-refractivity contribution in [3.8, 4) is 32.6 Å². The summed E-state index contributed by atoms with van der Waals surface area (Å²) in [6.45, 7) is 0. The molecular weight excluding hydrogens is 514 g/mol. The molecule has 0 spiro atoms. The number of aromatic nitrogens is 2. The zero-order valence-corrected chi connectivity index (χ0v) is 23.1. The minimum atomic E-state index is 0. The van der Waals surface area contributed by atoms with Crippen LogP contribution < -0.4 is 4.74 Å². The van der Waals surface area contributed by atoms with Crippen molar-refractivity contribution in [2.24, 2.45) is 0 Å². The van der Waals surface area contributed by atoms with Crippen LogP contribution in [-0.2, 0) is 19.5 Å². The average Bonchev–Trinajstić information content (AvgIpc) is 3.49. The molecule has 0 saturated heterocycles. The summed E-state index contributed by atoms with van der Waals surface area (Å²) in [4.78, 5) is 9.13. The van der Waals surface area contributed by atoms with Gasteiger partial charge in [0.15, 0.2) is 0 Å². The van der Waals surface area contributed by atoms with Crippen LogP contribution in [0.1, 0.15) is 0 Å². The second-order valence-electron chi connectivity index (χ2n) is 7.19. The molecule has 2 aromatic heterocycles. The van der Waals surface area contributed by atoms with Crippen molar-refractivity contribution in [3.05, 3.63) is 97.1 Å². The zero-order valence-electron chi connectivity index (χ0n) is 18.5. The number of rotatable bonds is 3. The molecule has 2 heterocycles. The van der Waals surface area contributed by atoms with E-state index >= 15 is 0 Å². The summed E-state index contributed by atoms with van der Waals surface area (Å²) in [5, 5.41) is 11.6. The van der Waals surface area contributed by atoms with Crippen molar-refractivity contribution < 1.29 is 29.3 Å². The predicted molar refractivity (Wildman–Crippen MR) is 138 cm³/mol. The van der Waals surface area contributed by atoms with Gasteiger partial charge in [-0.05, 0) is 48.5 Å². The van der Waals surface area contributed by atoms with Gasteiger partial charge in [0, 0.05) is 19.5 Å². The Labute approximate surface area is 218 Å². The number of benzene rings is 4. The Kier molecular flexibility index (Phi) is 7.68. The van der Waals surface area contributed by atoms with Crippen molar-refractivity contribution in [2.75, 3.05) is 7.11 Å². The maximum Gasteiger partial charge on any atom is 0.129 e. The molecule has 164 valence electrons. The van der Waals surface area contributed by atoms with E-state index in [-0.39, 0.29) is 25.2 Å². The van der Waals surface area contributed by atoms with Crippen LogP contribution in [0, 0.1) is 0 Å². The number of ether oxygens (including phenoxy) is 1. The van der Waals surface area contributed by atoms with Gasteiger partial charge in [0.1, 0.15) is 21.5 Å². The maximum atomic E-state index is 9.76. The van der Waals surface area contributed by atoms with Crippen LogP contribution in [0.5, 0.6) is 11.5 Å². The van der Waals surface area contributed by atoms with Crippen LogP contribution >= 0.6 is 22.7 Å². The normalized spacial score (nSPS) is 10.4. The smallest absolute Gasteiger partial charge is 0.129 e. The molecule has 0 radical (unpaired) electrons. The van der Waals surface area contributed by atoms with Crippen LogP contribution in [0.25, 0.3) is 41.6 Å². The van der Waals surface area contributed by atoms with E-state index < -0.39 is 0 Å². The van der Waals surface area contributed by atoms with E-state index in [1.54, 1.807) is 35.8 Å². The number of hydrogen-bond acceptors (Lipinski definition) is 6. The van der Waals surface area contributed by atoms with Crippen LogP contribution in [0.2, 0.25) is 0 Å². The molecule has 0 aliphatic carbocycles. The van der Waals surface area contributed by atoms with Crippen LogP contribution in [0.4, 0.5) is 0 Å². The predicted octanol–water partition coefficient (Wildman–Crippen LogP) is 7.64. The second-order valence-corrected chi connectivity index (χ2v) is 9.25. The van der Waals surface area contributed by atoms with Gasteiger partial charge in [0.05, 0.1) is 38.7 Å². The first kappa shape index (κ1) is 24.0. The van der Waals surface area contributed by atoms with Gasteiger partial charge in [0.2, 0.25) is 0 Å². The number of fused-ring (bicyclic) bond motifs is 2. The van der Waals surface area contributed by atoms with E-state index in [2.05, 4.69) is 16.0 Å². The van der Waals surface area contributed by atoms with Crippen molar-refractivity contribution >= 4 is 43.1 Å². The molecule has 0 fully saturated rings. The Bertz CT molecular complexity index is 1480. The summed E-state index contributed by atoms with van der Waals surface area (Å²) < 4.78 is 7.70. The number of methoxy groups -OCH3 is 1. The third-order valence-corrected chi connectivity index (χ3v) is 7.20. The molecule has 0 aliphatic rings. The SMILES string of the molecule is COc1ccccc1-c1nc2ccccc2s1.Oc1ccccc1-c1nc2ccccc2s1.[Zn]. The fraction of sp³-hybridized carbons (Fsp3) is 0.0370. The molecule has 0 amide bonds. The topological polar surface area (TPSA) is 55.2 Å². The van der Waals surface area contributed by atoms with Crippen LogP contribution in [0.15, 0.2) is 97.1 Å². The van der Waals surface area contributed by atoms with Gasteiger partial charge < -0.3 is 9.84 Å². The third-order valence-electron chi connectivity index (χ3n) is 5.06. The van der Waals surface area contributed by atoms with Crippen molar-refractivity contribution in [1.29, 1.82) is 0 Å². The number of phenolic OH excluding ortho intramolecular Hbond substituents is 1. The number of aromatic hydroxyl groups is 1. The molecule has 0 saturated carbocycles. The van der Waals surface area contributed by atoms with Gasteiger partial charge in [-0.3, -0.25) is 0 Å². The molecule has 0 unspecified atom stereocenters. The van der Waals surface area contributed by atoms with Gasteiger partial charge >= 0.3 is 0 Å². The first-order chi connectivity index (χ1) is 16.2. The molecule has 7 heteroatoms. The van der Waals surface area contributed by atoms with E-state index in [0.717, 1.165) is 42.6 Å². The van der Waals surface area contributed by atoms with E-state index in [4.69, 9.17) is 4.74 Å². The Balaban J connectivity index is 0.000000157. The molecule has 4 nitrogen and oxygen atoms in total. The van der Waals surface area contributed by atoms with Gasteiger partial charge in [-0.25, -0.2) is 9.97 Å². The second kappa shape index (κ2) is 10.9. The van der Waals surface area contributed by atoms with Crippen LogP contribution in [0.3, 0.4) is 0 Å². The minimum Gasteiger partial charge on any atom is -0.507 e. The standard InChI is InChI=1S/C14H11NOS.C13H9NOS.Zn/c1-16-12-8-4-2-6-10(12)14-15-11-7-3-5-9-13(11)17-14;15-11-7-3-1-5-9(11)13-14-10-6-2-4-8-12(10)16-13;/h2-9H,1H3;1-8,15H;. The molecule has 4 aromatic carbocycles. The Morgan fingerprint density at radius 1 is 0.618 bits per heavy atom. The van der Waals surface area contributed by atoms with Gasteiger partial charge in [-0.15, -0.1) is 22.7 Å². The molecule has 1 N–H and O–H groups in total. The molecule has 0 aliphatic heterocycles. The van der Waals surface area contributed by atoms with E-state index in [1.165, 1.54) is 4.70 Å². The van der Waals surface area contributed by atoms with E-state index in [0.29, 0.717) is 0 Å². The quantitative estimate of drug-likeness (QED) is 0.237. The van der Waals surface area contributed by atoms with E-state index in [9.17, 15) is 5.11 Å². The Morgan fingerprint density at radius 3 is 1.65 bits per heavy atom. The Hall–Kier alpha value is -3.12. The molecule has 6 rings (SSSR count). The van der Waals surface area contributed by atoms with Gasteiger partial charge in [-0.1, -0.05) is 48.5 Å². The van der Waals surface area contributed by atoms with Gasteiger partial charge in [-0.2, -0.15) is 0 Å². The number of nitrogens with zero attached hydrogens (tertiary/aromatic N) is 2. The van der Waals surface area contributed by atoms with Crippen molar-refractivity contribution in [1.82, 2.24) is 9.97 Å². The molecule has 34 heavy (non-hydrogen) atoms. The molecule has 6 aromatic rings.